The standard InChI is InChI=1S/C21H25FO12S/c1-11(23)29-9-17-18(30-12(2)24)19(31-13(3)25)20(32-14(4)26)21(34-17)33-16-7-5-15(6-8-16)10-35(22,27)28/h5-8,17-21H,9-10H2,1-4H3/t17-,18+,19+,20-,21?/m1/s1. The SMILES string of the molecule is CC(=O)OC[C@H]1OC(Oc2ccc(CS(=O)(=O)F)cc2)[C@H](OC(C)=O)[C@@H](OC(C)=O)[C@H]1OC(C)=O. The molecule has 1 fully saturated rings. The van der Waals surface area contributed by atoms with E-state index in [1.54, 1.807) is 0 Å². The average molecular weight is 520 g/mol. The highest BCUT2D eigenvalue weighted by molar-refractivity contribution is 7.85. The topological polar surface area (TPSA) is 158 Å². The molecule has 1 heterocycles. The number of benzene rings is 1. The Hall–Kier alpha value is -3.26. The molecule has 2 rings (SSSR count). The third-order valence-corrected chi connectivity index (χ3v) is 5.14. The number of halogens is 1. The van der Waals surface area contributed by atoms with Crippen LogP contribution in [0.15, 0.2) is 24.3 Å². The number of rotatable bonds is 9. The third-order valence-electron chi connectivity index (χ3n) is 4.46. The lowest BCUT2D eigenvalue weighted by Crippen LogP contribution is -2.63. The zero-order chi connectivity index (χ0) is 26.3. The fourth-order valence-electron chi connectivity index (χ4n) is 3.28. The average Bonchev–Trinajstić information content (AvgIpc) is 2.70. The molecule has 5 atom stereocenters. The van der Waals surface area contributed by atoms with Crippen LogP contribution in [0.25, 0.3) is 0 Å². The fraction of sp³-hybridized carbons (Fsp3) is 0.524. The molecule has 1 saturated heterocycles. The Morgan fingerprint density at radius 1 is 0.829 bits per heavy atom. The zero-order valence-electron chi connectivity index (χ0n) is 19.3. The lowest BCUT2D eigenvalue weighted by Gasteiger charge is -2.43. The molecule has 0 spiro atoms. The van der Waals surface area contributed by atoms with Crippen LogP contribution >= 0.6 is 0 Å². The molecule has 0 amide bonds. The molecular weight excluding hydrogens is 495 g/mol. The van der Waals surface area contributed by atoms with Gasteiger partial charge in [0.1, 0.15) is 24.2 Å². The fourth-order valence-corrected chi connectivity index (χ4v) is 3.87. The molecule has 0 radical (unpaired) electrons. The van der Waals surface area contributed by atoms with E-state index in [0.29, 0.717) is 0 Å². The molecule has 1 aliphatic heterocycles. The summed E-state index contributed by atoms with van der Waals surface area (Å²) in [6.45, 7) is 3.98. The zero-order valence-corrected chi connectivity index (χ0v) is 20.1. The quantitative estimate of drug-likeness (QED) is 0.258. The second kappa shape index (κ2) is 11.9. The first-order chi connectivity index (χ1) is 16.2. The van der Waals surface area contributed by atoms with Crippen molar-refractivity contribution in [1.82, 2.24) is 0 Å². The number of ether oxygens (including phenoxy) is 6. The Balaban J connectivity index is 2.41. The lowest BCUT2D eigenvalue weighted by molar-refractivity contribution is -0.288. The summed E-state index contributed by atoms with van der Waals surface area (Å²) in [5, 5.41) is 0. The summed E-state index contributed by atoms with van der Waals surface area (Å²) >= 11 is 0. The Bertz CT molecular complexity index is 1040. The van der Waals surface area contributed by atoms with Crippen molar-refractivity contribution in [3.8, 4) is 5.75 Å². The maximum Gasteiger partial charge on any atom is 0.306 e. The van der Waals surface area contributed by atoms with Crippen LogP contribution in [0.2, 0.25) is 0 Å². The Morgan fingerprint density at radius 3 is 1.83 bits per heavy atom. The summed E-state index contributed by atoms with van der Waals surface area (Å²) in [4.78, 5) is 46.7. The maximum atomic E-state index is 12.9. The van der Waals surface area contributed by atoms with E-state index >= 15 is 0 Å². The van der Waals surface area contributed by atoms with E-state index in [0.717, 1.165) is 27.7 Å². The summed E-state index contributed by atoms with van der Waals surface area (Å²) in [6, 6.07) is 5.21. The van der Waals surface area contributed by atoms with E-state index in [4.69, 9.17) is 28.4 Å². The Labute approximate surface area is 200 Å². The number of carbonyl (C=O) groups excluding carboxylic acids is 4. The van der Waals surface area contributed by atoms with Crippen LogP contribution in [0, 0.1) is 0 Å². The van der Waals surface area contributed by atoms with Crippen LogP contribution < -0.4 is 4.74 Å². The van der Waals surface area contributed by atoms with E-state index in [1.807, 2.05) is 0 Å². The van der Waals surface area contributed by atoms with Crippen molar-refractivity contribution in [1.29, 1.82) is 0 Å². The molecule has 1 unspecified atom stereocenters. The first-order valence-corrected chi connectivity index (χ1v) is 11.8. The lowest BCUT2D eigenvalue weighted by atomic mass is 9.98. The second-order valence-corrected chi connectivity index (χ2v) is 8.88. The smallest absolute Gasteiger partial charge is 0.306 e. The van der Waals surface area contributed by atoms with Crippen molar-refractivity contribution in [3.05, 3.63) is 29.8 Å². The minimum atomic E-state index is -4.75. The van der Waals surface area contributed by atoms with Gasteiger partial charge in [0, 0.05) is 27.7 Å². The molecule has 0 N–H and O–H groups in total. The monoisotopic (exact) mass is 520 g/mol. The summed E-state index contributed by atoms with van der Waals surface area (Å²) in [6.07, 6.45) is -6.82. The van der Waals surface area contributed by atoms with Crippen molar-refractivity contribution in [2.24, 2.45) is 0 Å². The van der Waals surface area contributed by atoms with E-state index in [1.165, 1.54) is 24.3 Å². The molecule has 194 valence electrons. The molecule has 0 aromatic heterocycles. The van der Waals surface area contributed by atoms with E-state index in [2.05, 4.69) is 0 Å². The van der Waals surface area contributed by atoms with Crippen LogP contribution in [-0.2, 0) is 58.8 Å². The molecular formula is C21H25FO12S. The molecule has 0 aliphatic carbocycles. The van der Waals surface area contributed by atoms with Crippen LogP contribution in [0.3, 0.4) is 0 Å². The molecule has 1 aromatic carbocycles. The number of esters is 4. The highest BCUT2D eigenvalue weighted by Gasteiger charge is 2.53. The van der Waals surface area contributed by atoms with Gasteiger partial charge in [0.05, 0.1) is 0 Å². The summed E-state index contributed by atoms with van der Waals surface area (Å²) in [5.41, 5.74) is 0.140. The summed E-state index contributed by atoms with van der Waals surface area (Å²) < 4.78 is 66.9. The van der Waals surface area contributed by atoms with Gasteiger partial charge >= 0.3 is 34.1 Å². The molecule has 35 heavy (non-hydrogen) atoms. The van der Waals surface area contributed by atoms with Crippen LogP contribution in [0.4, 0.5) is 3.89 Å². The van der Waals surface area contributed by atoms with Gasteiger partial charge in [0.25, 0.3) is 0 Å². The number of hydrogen-bond donors (Lipinski definition) is 0. The molecule has 0 saturated carbocycles. The van der Waals surface area contributed by atoms with E-state index < -0.39 is 77.2 Å². The largest absolute Gasteiger partial charge is 0.463 e. The van der Waals surface area contributed by atoms with Gasteiger partial charge in [-0.05, 0) is 17.7 Å². The van der Waals surface area contributed by atoms with Gasteiger partial charge in [-0.25, -0.2) is 0 Å². The predicted molar refractivity (Wildman–Crippen MR) is 113 cm³/mol. The van der Waals surface area contributed by atoms with Gasteiger partial charge in [0.15, 0.2) is 12.2 Å². The first-order valence-electron chi connectivity index (χ1n) is 10.2. The molecule has 14 heteroatoms. The van der Waals surface area contributed by atoms with Gasteiger partial charge in [-0.1, -0.05) is 12.1 Å². The number of hydrogen-bond acceptors (Lipinski definition) is 12. The van der Waals surface area contributed by atoms with Gasteiger partial charge in [-0.3, -0.25) is 19.2 Å². The van der Waals surface area contributed by atoms with Gasteiger partial charge in [0.2, 0.25) is 12.4 Å². The Morgan fingerprint density at radius 2 is 1.34 bits per heavy atom. The Kier molecular flexibility index (Phi) is 9.54. The molecule has 1 aliphatic rings. The van der Waals surface area contributed by atoms with E-state index in [-0.39, 0.29) is 11.3 Å². The van der Waals surface area contributed by atoms with Gasteiger partial charge < -0.3 is 28.4 Å². The van der Waals surface area contributed by atoms with Crippen molar-refractivity contribution < 1.29 is 59.9 Å². The highest BCUT2D eigenvalue weighted by atomic mass is 32.3. The van der Waals surface area contributed by atoms with Gasteiger partial charge in [-0.15, -0.1) is 3.89 Å². The molecule has 12 nitrogen and oxygen atoms in total. The predicted octanol–water partition coefficient (Wildman–Crippen LogP) is 0.948. The summed E-state index contributed by atoms with van der Waals surface area (Å²) in [7, 11) is -4.75. The second-order valence-electron chi connectivity index (χ2n) is 7.51. The van der Waals surface area contributed by atoms with Crippen molar-refractivity contribution in [3.63, 3.8) is 0 Å². The maximum absolute atomic E-state index is 12.9. The van der Waals surface area contributed by atoms with Crippen LogP contribution in [-0.4, -0.2) is 69.6 Å². The number of carbonyl (C=O) groups is 4. The van der Waals surface area contributed by atoms with Crippen LogP contribution in [0.5, 0.6) is 5.75 Å². The minimum absolute atomic E-state index is 0.0888. The normalized spacial score (nSPS) is 24.1. The highest BCUT2D eigenvalue weighted by Crippen LogP contribution is 2.31. The van der Waals surface area contributed by atoms with Crippen LogP contribution in [0.1, 0.15) is 33.3 Å². The van der Waals surface area contributed by atoms with Crippen molar-refractivity contribution in [2.45, 2.75) is 64.2 Å². The third kappa shape index (κ3) is 9.13. The van der Waals surface area contributed by atoms with Crippen molar-refractivity contribution in [2.75, 3.05) is 6.61 Å². The molecule has 1 aromatic rings. The summed E-state index contributed by atoms with van der Waals surface area (Å²) in [5.74, 6) is -3.79. The van der Waals surface area contributed by atoms with Crippen molar-refractivity contribution >= 4 is 34.1 Å². The molecule has 0 bridgehead atoms. The van der Waals surface area contributed by atoms with E-state index in [9.17, 15) is 31.5 Å². The first kappa shape index (κ1) is 28.0. The minimum Gasteiger partial charge on any atom is -0.463 e. The van der Waals surface area contributed by atoms with Gasteiger partial charge in [-0.2, -0.15) is 8.42 Å².